The zero-order chi connectivity index (χ0) is 43.9. The lowest BCUT2D eigenvalue weighted by Crippen LogP contribution is -2.42. The molecule has 10 rings (SSSR count). The van der Waals surface area contributed by atoms with Crippen LogP contribution in [0.1, 0.15) is 91.0 Å². The average Bonchev–Trinajstić information content (AvgIpc) is 3.86. The van der Waals surface area contributed by atoms with Crippen LogP contribution in [0.25, 0.3) is 33.7 Å². The molecule has 1 saturated carbocycles. The first-order valence-electron chi connectivity index (χ1n) is 21.7. The van der Waals surface area contributed by atoms with Crippen molar-refractivity contribution in [1.29, 1.82) is 0 Å². The number of amides is 1. The Morgan fingerprint density at radius 3 is 2.51 bits per heavy atom. The van der Waals surface area contributed by atoms with E-state index in [1.165, 1.54) is 0 Å². The van der Waals surface area contributed by atoms with Gasteiger partial charge in [-0.05, 0) is 123 Å². The summed E-state index contributed by atoms with van der Waals surface area (Å²) in [5.41, 5.74) is 8.47. The van der Waals surface area contributed by atoms with E-state index in [0.717, 1.165) is 58.3 Å². The number of oxazole rings is 1. The molecular weight excluding hydrogens is 848 g/mol. The SMILES string of the molecule is COc1nc(O[C@H]2CCc3c(-c4cccc(-c5nc6cc7c(c([N+](=O)[O-])c6o5)CC[C@H]7N5CC[C@@H](C(=O)NS(=O)(=O)C6(C)CC6)C5)c4C)cccc32)c(Cl)cc1CN1CC[C@@H](O)C1. The second-order valence-corrected chi connectivity index (χ2v) is 20.6. The number of ether oxygens (including phenoxy) is 2. The molecule has 2 aromatic heterocycles. The van der Waals surface area contributed by atoms with E-state index in [0.29, 0.717) is 98.1 Å². The molecule has 3 aromatic carbocycles. The van der Waals surface area contributed by atoms with Crippen molar-refractivity contribution in [3.63, 3.8) is 0 Å². The van der Waals surface area contributed by atoms with E-state index < -0.39 is 26.6 Å². The maximum absolute atomic E-state index is 13.1. The van der Waals surface area contributed by atoms with Crippen LogP contribution < -0.4 is 14.2 Å². The summed E-state index contributed by atoms with van der Waals surface area (Å²) in [6.07, 6.45) is 4.23. The number of nitro groups is 1. The minimum Gasteiger partial charge on any atom is -0.481 e. The van der Waals surface area contributed by atoms with E-state index >= 15 is 0 Å². The number of rotatable bonds is 12. The molecule has 4 heterocycles. The molecule has 4 atom stereocenters. The minimum atomic E-state index is -3.75. The second kappa shape index (κ2) is 15.8. The molecule has 0 bridgehead atoms. The quantitative estimate of drug-likeness (QED) is 0.0933. The number of fused-ring (bicyclic) bond motifs is 3. The Labute approximate surface area is 369 Å². The lowest BCUT2D eigenvalue weighted by Gasteiger charge is -2.24. The lowest BCUT2D eigenvalue weighted by atomic mass is 9.91. The van der Waals surface area contributed by atoms with Gasteiger partial charge in [0.1, 0.15) is 16.6 Å². The smallest absolute Gasteiger partial charge is 0.317 e. The Kier molecular flexibility index (Phi) is 10.5. The molecule has 2 N–H and O–H groups in total. The van der Waals surface area contributed by atoms with E-state index in [1.807, 2.05) is 37.3 Å². The number of benzene rings is 3. The summed E-state index contributed by atoms with van der Waals surface area (Å²) in [6, 6.07) is 15.6. The average molecular weight is 897 g/mol. The van der Waals surface area contributed by atoms with Crippen molar-refractivity contribution in [2.75, 3.05) is 33.3 Å². The predicted octanol–water partition coefficient (Wildman–Crippen LogP) is 7.38. The Morgan fingerprint density at radius 2 is 1.76 bits per heavy atom. The van der Waals surface area contributed by atoms with Crippen LogP contribution in [0.15, 0.2) is 52.9 Å². The Hall–Kier alpha value is -5.13. The molecule has 5 aromatic rings. The summed E-state index contributed by atoms with van der Waals surface area (Å²) >= 11 is 6.77. The zero-order valence-electron chi connectivity index (χ0n) is 35.4. The topological polar surface area (TPSA) is 190 Å². The van der Waals surface area contributed by atoms with Gasteiger partial charge in [0.25, 0.3) is 0 Å². The number of hydrogen-bond donors (Lipinski definition) is 2. The van der Waals surface area contributed by atoms with Crippen molar-refractivity contribution in [2.45, 2.75) is 94.8 Å². The number of aromatic nitrogens is 2. The second-order valence-electron chi connectivity index (χ2n) is 18.0. The molecule has 15 nitrogen and oxygen atoms in total. The van der Waals surface area contributed by atoms with Gasteiger partial charge in [0.15, 0.2) is 0 Å². The molecule has 330 valence electrons. The largest absolute Gasteiger partial charge is 0.481 e. The van der Waals surface area contributed by atoms with Gasteiger partial charge < -0.3 is 19.0 Å². The maximum Gasteiger partial charge on any atom is 0.317 e. The molecule has 2 aliphatic heterocycles. The number of methoxy groups -OCH3 is 1. The molecule has 0 spiro atoms. The molecule has 63 heavy (non-hydrogen) atoms. The lowest BCUT2D eigenvalue weighted by molar-refractivity contribution is -0.384. The number of nitro benzene ring substituents is 1. The van der Waals surface area contributed by atoms with Crippen LogP contribution in [0.3, 0.4) is 0 Å². The number of nitrogens with one attached hydrogen (secondary N) is 1. The van der Waals surface area contributed by atoms with Gasteiger partial charge in [-0.1, -0.05) is 41.9 Å². The van der Waals surface area contributed by atoms with Crippen molar-refractivity contribution in [1.82, 2.24) is 24.5 Å². The number of carbonyl (C=O) groups is 1. The first-order chi connectivity index (χ1) is 30.2. The molecule has 3 fully saturated rings. The molecule has 17 heteroatoms. The van der Waals surface area contributed by atoms with Gasteiger partial charge in [-0.2, -0.15) is 4.98 Å². The van der Waals surface area contributed by atoms with E-state index in [-0.39, 0.29) is 40.3 Å². The number of nitrogens with zero attached hydrogens (tertiary/aromatic N) is 5. The number of likely N-dealkylation sites (tertiary alicyclic amines) is 2. The highest BCUT2D eigenvalue weighted by atomic mass is 35.5. The molecule has 2 saturated heterocycles. The summed E-state index contributed by atoms with van der Waals surface area (Å²) in [7, 11) is -2.17. The van der Waals surface area contributed by atoms with E-state index in [2.05, 4.69) is 37.7 Å². The third-order valence-corrected chi connectivity index (χ3v) is 16.5. The molecule has 3 aliphatic carbocycles. The van der Waals surface area contributed by atoms with Crippen LogP contribution in [-0.4, -0.2) is 88.3 Å². The Morgan fingerprint density at radius 1 is 1.00 bits per heavy atom. The number of sulfonamides is 1. The molecular formula is C46H49ClN6O9S. The van der Waals surface area contributed by atoms with Crippen molar-refractivity contribution in [3.05, 3.63) is 97.0 Å². The Bertz CT molecular complexity index is 2810. The third-order valence-electron chi connectivity index (χ3n) is 14.0. The fraction of sp³-hybridized carbons (Fsp3) is 0.457. The van der Waals surface area contributed by atoms with Gasteiger partial charge in [-0.25, -0.2) is 13.4 Å². The van der Waals surface area contributed by atoms with E-state index in [9.17, 15) is 28.4 Å². The van der Waals surface area contributed by atoms with Gasteiger partial charge in [-0.3, -0.25) is 29.4 Å². The van der Waals surface area contributed by atoms with Gasteiger partial charge in [-0.15, -0.1) is 0 Å². The standard InChI is InChI=1S/C46H49ClN6O9S/c1-25-29(31-8-5-9-33-32(31)11-13-39(33)61-45-36(47)20-27(43(49-45)60-3)22-51-18-15-28(54)24-51)6-4-7-30(25)44-48-37-21-35-34(40(53(56)57)41(37)62-44)10-12-38(35)52-19-14-26(23-52)42(55)50-63(58,59)46(2)16-17-46/h4-9,20-21,26,28,38-39,54H,10-19,22-24H2,1-3H3,(H,50,55)/t26-,28-,38-,39+/m1/s1. The number of aliphatic hydroxyl groups excluding tert-OH is 1. The molecule has 0 radical (unpaired) electrons. The molecule has 5 aliphatic rings. The number of hydrogen-bond acceptors (Lipinski definition) is 13. The minimum absolute atomic E-state index is 0.0879. The van der Waals surface area contributed by atoms with Gasteiger partial charge in [0.2, 0.25) is 39.2 Å². The van der Waals surface area contributed by atoms with Crippen LogP contribution >= 0.6 is 11.6 Å². The fourth-order valence-electron chi connectivity index (χ4n) is 10.2. The van der Waals surface area contributed by atoms with Crippen LogP contribution in [0, 0.1) is 23.0 Å². The van der Waals surface area contributed by atoms with Crippen LogP contribution in [0.5, 0.6) is 11.8 Å². The first-order valence-corrected chi connectivity index (χ1v) is 23.5. The first kappa shape index (κ1) is 41.9. The van der Waals surface area contributed by atoms with E-state index in [4.69, 9.17) is 30.5 Å². The van der Waals surface area contributed by atoms with Gasteiger partial charge in [0.05, 0.1) is 28.8 Å². The predicted molar refractivity (Wildman–Crippen MR) is 235 cm³/mol. The summed E-state index contributed by atoms with van der Waals surface area (Å²) in [6.45, 7) is 6.51. The van der Waals surface area contributed by atoms with Crippen LogP contribution in [0.4, 0.5) is 5.69 Å². The highest BCUT2D eigenvalue weighted by Crippen LogP contribution is 2.48. The van der Waals surface area contributed by atoms with Gasteiger partial charge in [0, 0.05) is 48.9 Å². The number of β-amino-alcohol motifs (C(OH)–C–C–N with tert-alkyl or cyclic N) is 1. The van der Waals surface area contributed by atoms with Crippen LogP contribution in [0.2, 0.25) is 5.02 Å². The Balaban J connectivity index is 0.906. The number of halogens is 1. The van der Waals surface area contributed by atoms with Crippen molar-refractivity contribution in [3.8, 4) is 34.3 Å². The maximum atomic E-state index is 13.1. The normalized spacial score (nSPS) is 22.9. The number of carbonyl (C=O) groups excluding carboxylic acids is 1. The zero-order valence-corrected chi connectivity index (χ0v) is 36.9. The summed E-state index contributed by atoms with van der Waals surface area (Å²) in [5, 5.41) is 23.1. The highest BCUT2D eigenvalue weighted by Gasteiger charge is 2.51. The summed E-state index contributed by atoms with van der Waals surface area (Å²) < 4.78 is 45.5. The van der Waals surface area contributed by atoms with Crippen molar-refractivity contribution >= 4 is 44.3 Å². The number of aliphatic hydroxyl groups is 1. The monoisotopic (exact) mass is 896 g/mol. The van der Waals surface area contributed by atoms with Gasteiger partial charge >= 0.3 is 5.69 Å². The van der Waals surface area contributed by atoms with Crippen molar-refractivity contribution < 1.29 is 37.1 Å². The third kappa shape index (κ3) is 7.42. The fourth-order valence-corrected chi connectivity index (χ4v) is 11.7. The van der Waals surface area contributed by atoms with Crippen molar-refractivity contribution in [2.24, 2.45) is 5.92 Å². The molecule has 0 unspecified atom stereocenters. The summed E-state index contributed by atoms with van der Waals surface area (Å²) in [5.74, 6) is 0.0280. The van der Waals surface area contributed by atoms with E-state index in [1.54, 1.807) is 14.0 Å². The highest BCUT2D eigenvalue weighted by molar-refractivity contribution is 7.91. The summed E-state index contributed by atoms with van der Waals surface area (Å²) in [4.78, 5) is 39.3. The van der Waals surface area contributed by atoms with Crippen LogP contribution in [-0.2, 0) is 34.2 Å². The number of pyridine rings is 1. The molecule has 1 amide bonds.